The normalized spacial score (nSPS) is 10.2. The Kier molecular flexibility index (Phi) is 0.833. The van der Waals surface area contributed by atoms with E-state index in [1.165, 1.54) is 0 Å². The predicted octanol–water partition coefficient (Wildman–Crippen LogP) is 1.71. The molecule has 0 atom stereocenters. The number of fused-ring (bicyclic) bond motifs is 1. The number of para-hydroxylation sites is 1. The Morgan fingerprint density at radius 3 is 3.44 bits per heavy atom. The topological polar surface area (TPSA) is 12.9 Å². The first-order valence-electron chi connectivity index (χ1n) is 2.85. The molecule has 0 aromatic carbocycles. The lowest BCUT2D eigenvalue weighted by Gasteiger charge is -2.07. The van der Waals surface area contributed by atoms with Crippen LogP contribution in [0, 0.1) is 6.20 Å². The lowest BCUT2D eigenvalue weighted by molar-refractivity contribution is 1.39. The predicted molar refractivity (Wildman–Crippen MR) is 35.3 cm³/mol. The molecule has 0 saturated heterocycles. The van der Waals surface area contributed by atoms with Crippen molar-refractivity contribution in [2.45, 2.75) is 0 Å². The highest BCUT2D eigenvalue weighted by Gasteiger charge is 1.80. The highest BCUT2D eigenvalue weighted by Crippen LogP contribution is 2.16. The van der Waals surface area contributed by atoms with Crippen LogP contribution in [-0.2, 0) is 0 Å². The Bertz CT molecular complexity index is 245. The van der Waals surface area contributed by atoms with Gasteiger partial charge in [-0.1, -0.05) is 6.20 Å². The fourth-order valence-electron chi connectivity index (χ4n) is 0.883. The van der Waals surface area contributed by atoms with Crippen molar-refractivity contribution in [2.24, 2.45) is 0 Å². The third kappa shape index (κ3) is 0.617. The maximum absolute atomic E-state index is 3.99. The molecule has 44 valence electrons. The molecule has 0 unspecified atom stereocenters. The van der Waals surface area contributed by atoms with E-state index < -0.39 is 0 Å². The third-order valence-electron chi connectivity index (χ3n) is 1.34. The van der Waals surface area contributed by atoms with E-state index in [1.807, 2.05) is 30.3 Å². The van der Waals surface area contributed by atoms with Crippen molar-refractivity contribution < 1.29 is 0 Å². The molecule has 0 aromatic rings. The van der Waals surface area contributed by atoms with E-state index in [0.717, 1.165) is 11.3 Å². The van der Waals surface area contributed by atoms with Gasteiger partial charge in [0.05, 0.1) is 0 Å². The summed E-state index contributed by atoms with van der Waals surface area (Å²) in [5.41, 5.74) is 2.19. The summed E-state index contributed by atoms with van der Waals surface area (Å²) in [5, 5.41) is 0. The van der Waals surface area contributed by atoms with E-state index in [0.29, 0.717) is 0 Å². The van der Waals surface area contributed by atoms with Gasteiger partial charge in [-0.05, 0) is 0 Å². The number of hydrogen-bond donors (Lipinski definition) is 0. The van der Waals surface area contributed by atoms with Gasteiger partial charge in [-0.2, -0.15) is 24.3 Å². The van der Waals surface area contributed by atoms with Crippen LogP contribution in [0.3, 0.4) is 0 Å². The summed E-state index contributed by atoms with van der Waals surface area (Å²) in [7, 11) is 0. The minimum Gasteiger partial charge on any atom is -0.400 e. The van der Waals surface area contributed by atoms with Crippen LogP contribution >= 0.6 is 0 Å². The Labute approximate surface area is 53.7 Å². The number of benzene rings is 1. The number of nitrogens with zero attached hydrogens (tertiary/aromatic N) is 1. The zero-order valence-corrected chi connectivity index (χ0v) is 4.83. The molecule has 0 amide bonds. The van der Waals surface area contributed by atoms with Crippen LogP contribution in [0.2, 0.25) is 0 Å². The Hall–Kier alpha value is -1.24. The van der Waals surface area contributed by atoms with Gasteiger partial charge in [0.25, 0.3) is 0 Å². The molecule has 0 saturated carbocycles. The van der Waals surface area contributed by atoms with Crippen LogP contribution in [0.4, 0.5) is 0 Å². The van der Waals surface area contributed by atoms with Crippen molar-refractivity contribution in [2.75, 3.05) is 0 Å². The zero-order chi connectivity index (χ0) is 6.10. The van der Waals surface area contributed by atoms with Crippen LogP contribution in [0.1, 0.15) is 0 Å². The fraction of sp³-hybridized carbons (Fsp3) is 0. The molecule has 2 rings (SSSR count). The Morgan fingerprint density at radius 1 is 1.56 bits per heavy atom. The van der Waals surface area contributed by atoms with Gasteiger partial charge in [0.1, 0.15) is 0 Å². The molecule has 0 radical (unpaired) electrons. The summed E-state index contributed by atoms with van der Waals surface area (Å²) < 4.78 is 0. The zero-order valence-electron chi connectivity index (χ0n) is 4.83. The summed E-state index contributed by atoms with van der Waals surface area (Å²) >= 11 is 0. The molecule has 0 spiro atoms. The van der Waals surface area contributed by atoms with Crippen LogP contribution in [0.15, 0.2) is 30.3 Å². The molecule has 2 aliphatic rings. The SMILES string of the molecule is [c-]1cc2cc[cH-]cc-2n1. The van der Waals surface area contributed by atoms with Gasteiger partial charge in [-0.15, -0.1) is 5.69 Å². The quantitative estimate of drug-likeness (QED) is 0.476. The molecule has 9 heavy (non-hydrogen) atoms. The minimum absolute atomic E-state index is 1.03. The molecule has 0 fully saturated rings. The summed E-state index contributed by atoms with van der Waals surface area (Å²) in [5.74, 6) is 0. The van der Waals surface area contributed by atoms with Crippen LogP contribution in [0.5, 0.6) is 0 Å². The first-order valence-corrected chi connectivity index (χ1v) is 2.85. The molecule has 1 nitrogen and oxygen atoms in total. The van der Waals surface area contributed by atoms with E-state index in [4.69, 9.17) is 0 Å². The highest BCUT2D eigenvalue weighted by atomic mass is 14.7. The average Bonchev–Trinajstić information content (AvgIpc) is 2.33. The Morgan fingerprint density at radius 2 is 2.56 bits per heavy atom. The van der Waals surface area contributed by atoms with E-state index in [9.17, 15) is 0 Å². The van der Waals surface area contributed by atoms with Crippen molar-refractivity contribution in [3.05, 3.63) is 36.5 Å². The molecule has 0 aromatic heterocycles. The molecular formula is C8H5N-2. The van der Waals surface area contributed by atoms with E-state index in [1.54, 1.807) is 0 Å². The van der Waals surface area contributed by atoms with Gasteiger partial charge in [-0.3, -0.25) is 0 Å². The summed E-state index contributed by atoms with van der Waals surface area (Å²) in [6, 6.07) is 9.86. The second kappa shape index (κ2) is 1.62. The second-order valence-corrected chi connectivity index (χ2v) is 1.94. The molecule has 0 bridgehead atoms. The second-order valence-electron chi connectivity index (χ2n) is 1.94. The molecule has 1 aliphatic heterocycles. The highest BCUT2D eigenvalue weighted by molar-refractivity contribution is 5.60. The maximum atomic E-state index is 3.99. The Balaban J connectivity index is 2.79. The number of hydrogen-bond acceptors (Lipinski definition) is 1. The lowest BCUT2D eigenvalue weighted by Crippen LogP contribution is -1.71. The van der Waals surface area contributed by atoms with E-state index >= 15 is 0 Å². The third-order valence-corrected chi connectivity index (χ3v) is 1.34. The van der Waals surface area contributed by atoms with Gasteiger partial charge >= 0.3 is 0 Å². The molecule has 1 heteroatoms. The standard InChI is InChI=1S/C8H5N/c1-2-4-8-7(3-1)5-6-9-8/h1-5H/q-2. The van der Waals surface area contributed by atoms with Crippen LogP contribution < -0.4 is 0 Å². The molecule has 1 aliphatic carbocycles. The monoisotopic (exact) mass is 115 g/mol. The van der Waals surface area contributed by atoms with Crippen molar-refractivity contribution >= 4 is 0 Å². The summed E-state index contributed by atoms with van der Waals surface area (Å²) in [6.45, 7) is 0. The van der Waals surface area contributed by atoms with E-state index in [2.05, 4.69) is 11.2 Å². The minimum atomic E-state index is 1.03. The van der Waals surface area contributed by atoms with E-state index in [-0.39, 0.29) is 0 Å². The average molecular weight is 115 g/mol. The van der Waals surface area contributed by atoms with Gasteiger partial charge < -0.3 is 4.98 Å². The van der Waals surface area contributed by atoms with Gasteiger partial charge in [0.15, 0.2) is 0 Å². The van der Waals surface area contributed by atoms with Gasteiger partial charge in [-0.25, -0.2) is 11.6 Å². The van der Waals surface area contributed by atoms with Crippen molar-refractivity contribution in [1.29, 1.82) is 0 Å². The van der Waals surface area contributed by atoms with Crippen molar-refractivity contribution in [3.63, 3.8) is 0 Å². The first kappa shape index (κ1) is 4.62. The van der Waals surface area contributed by atoms with Crippen molar-refractivity contribution in [1.82, 2.24) is 4.98 Å². The maximum Gasteiger partial charge on any atom is -0.0832 e. The summed E-state index contributed by atoms with van der Waals surface area (Å²) in [4.78, 5) is 3.99. The molecule has 0 N–H and O–H groups in total. The first-order chi connectivity index (χ1) is 4.47. The number of rotatable bonds is 0. The van der Waals surface area contributed by atoms with Crippen molar-refractivity contribution in [3.8, 4) is 11.3 Å². The largest absolute Gasteiger partial charge is 0.400 e. The van der Waals surface area contributed by atoms with Gasteiger partial charge in [0.2, 0.25) is 0 Å². The van der Waals surface area contributed by atoms with Gasteiger partial charge in [0, 0.05) is 0 Å². The summed E-state index contributed by atoms with van der Waals surface area (Å²) in [6.07, 6.45) is 2.79. The molecule has 1 heterocycles. The molecular weight excluding hydrogens is 110 g/mol. The fourth-order valence-corrected chi connectivity index (χ4v) is 0.883. The number of aromatic nitrogens is 1. The van der Waals surface area contributed by atoms with Crippen LogP contribution in [-0.4, -0.2) is 4.98 Å². The smallest absolute Gasteiger partial charge is 0.0832 e. The van der Waals surface area contributed by atoms with Crippen LogP contribution in [0.25, 0.3) is 11.3 Å². The lowest BCUT2D eigenvalue weighted by atomic mass is 10.2.